The molecule has 0 aliphatic rings. The molecule has 0 unspecified atom stereocenters. The maximum absolute atomic E-state index is 10.3. The summed E-state index contributed by atoms with van der Waals surface area (Å²) in [4.78, 5) is 39.8. The third-order valence-electron chi connectivity index (χ3n) is 1.71. The maximum atomic E-state index is 10.3. The fourth-order valence-corrected chi connectivity index (χ4v) is 0.707. The Morgan fingerprint density at radius 2 is 1.56 bits per heavy atom. The first-order chi connectivity index (χ1) is 8.33. The number of carboxylic acids is 2. The lowest BCUT2D eigenvalue weighted by atomic mass is 10.2. The normalized spacial score (nSPS) is 10.8. The summed E-state index contributed by atoms with van der Waals surface area (Å²) in [5.74, 6) is -2.10. The zero-order valence-corrected chi connectivity index (χ0v) is 9.87. The van der Waals surface area contributed by atoms with Crippen LogP contribution in [0.4, 0.5) is 0 Å². The summed E-state index contributed by atoms with van der Waals surface area (Å²) in [6.45, 7) is -0.0622. The molecule has 0 aliphatic heterocycles. The molecule has 0 aromatic heterocycles. The van der Waals surface area contributed by atoms with Crippen molar-refractivity contribution in [3.63, 3.8) is 0 Å². The van der Waals surface area contributed by atoms with Crippen LogP contribution in [0.2, 0.25) is 0 Å². The lowest BCUT2D eigenvalue weighted by Crippen LogP contribution is -2.22. The van der Waals surface area contributed by atoms with Gasteiger partial charge in [-0.2, -0.15) is 0 Å². The highest BCUT2D eigenvalue weighted by molar-refractivity contribution is 5.83. The van der Waals surface area contributed by atoms with Crippen LogP contribution in [-0.4, -0.2) is 46.8 Å². The van der Waals surface area contributed by atoms with E-state index >= 15 is 0 Å². The minimum Gasteiger partial charge on any atom is -0.481 e. The summed E-state index contributed by atoms with van der Waals surface area (Å²) in [7, 11) is 0. The molecule has 0 aliphatic carbocycles. The van der Waals surface area contributed by atoms with E-state index in [0.717, 1.165) is 0 Å². The van der Waals surface area contributed by atoms with Crippen molar-refractivity contribution in [2.75, 3.05) is 6.54 Å². The van der Waals surface area contributed by atoms with E-state index in [9.17, 15) is 19.2 Å². The average molecular weight is 262 g/mol. The highest BCUT2D eigenvalue weighted by Gasteiger charge is 2.02. The third kappa shape index (κ3) is 16.6. The molecule has 0 saturated heterocycles. The highest BCUT2D eigenvalue weighted by atomic mass is 16.4. The first-order valence-corrected chi connectivity index (χ1v) is 5.19. The number of carboxylic acid groups (broad SMARTS) is 2. The second-order valence-electron chi connectivity index (χ2n) is 3.37. The fourth-order valence-electron chi connectivity index (χ4n) is 0.707. The molecule has 0 spiro atoms. The molecule has 8 nitrogen and oxygen atoms in total. The Balaban J connectivity index is 0. The fraction of sp³-hybridized carbons (Fsp3) is 0.600. The van der Waals surface area contributed by atoms with Gasteiger partial charge in [-0.25, -0.2) is 0 Å². The molecule has 1 atom stereocenters. The predicted molar refractivity (Wildman–Crippen MR) is 61.8 cm³/mol. The van der Waals surface area contributed by atoms with E-state index in [2.05, 4.69) is 0 Å². The number of rotatable bonds is 8. The SMILES string of the molecule is NCC(=O)CCC(=O)O.N[C@H](C=O)CCC(=O)O. The van der Waals surface area contributed by atoms with Crippen molar-refractivity contribution in [3.8, 4) is 0 Å². The largest absolute Gasteiger partial charge is 0.481 e. The summed E-state index contributed by atoms with van der Waals surface area (Å²) in [6, 6.07) is -0.624. The van der Waals surface area contributed by atoms with Crippen LogP contribution < -0.4 is 11.5 Å². The molecule has 0 amide bonds. The van der Waals surface area contributed by atoms with Gasteiger partial charge in [-0.1, -0.05) is 0 Å². The van der Waals surface area contributed by atoms with E-state index in [1.54, 1.807) is 0 Å². The molecule has 0 rings (SSSR count). The van der Waals surface area contributed by atoms with Gasteiger partial charge >= 0.3 is 11.9 Å². The first-order valence-electron chi connectivity index (χ1n) is 5.19. The Bertz CT molecular complexity index is 292. The van der Waals surface area contributed by atoms with Gasteiger partial charge in [-0.3, -0.25) is 14.4 Å². The van der Waals surface area contributed by atoms with Gasteiger partial charge in [0.15, 0.2) is 0 Å². The van der Waals surface area contributed by atoms with Crippen LogP contribution in [0, 0.1) is 0 Å². The molecular weight excluding hydrogens is 244 g/mol. The van der Waals surface area contributed by atoms with Crippen molar-refractivity contribution in [2.45, 2.75) is 31.7 Å². The molecule has 0 aromatic rings. The number of hydrogen-bond donors (Lipinski definition) is 4. The number of nitrogens with two attached hydrogens (primary N) is 2. The van der Waals surface area contributed by atoms with E-state index in [1.165, 1.54) is 0 Å². The van der Waals surface area contributed by atoms with Crippen LogP contribution >= 0.6 is 0 Å². The topological polar surface area (TPSA) is 161 Å². The van der Waals surface area contributed by atoms with Crippen molar-refractivity contribution in [2.24, 2.45) is 11.5 Å². The summed E-state index contributed by atoms with van der Waals surface area (Å²) in [5, 5.41) is 16.2. The lowest BCUT2D eigenvalue weighted by Gasteiger charge is -1.97. The Hall–Kier alpha value is -1.80. The van der Waals surface area contributed by atoms with Gasteiger partial charge in [0.05, 0.1) is 19.0 Å². The monoisotopic (exact) mass is 262 g/mol. The van der Waals surface area contributed by atoms with E-state index in [4.69, 9.17) is 21.7 Å². The highest BCUT2D eigenvalue weighted by Crippen LogP contribution is 1.90. The van der Waals surface area contributed by atoms with E-state index in [0.29, 0.717) is 6.29 Å². The number of ketones is 1. The standard InChI is InChI=1S/2C5H9NO3/c6-4(3-7)1-2-5(8)9;6-3-4(7)1-2-5(8)9/h3-4H,1-2,6H2,(H,8,9);1-3,6H2,(H,8,9)/t4-;/m0./s1. The van der Waals surface area contributed by atoms with Gasteiger partial charge in [0.1, 0.15) is 12.1 Å². The molecule has 0 fully saturated rings. The van der Waals surface area contributed by atoms with Gasteiger partial charge in [-0.15, -0.1) is 0 Å². The van der Waals surface area contributed by atoms with Crippen LogP contribution in [0.5, 0.6) is 0 Å². The number of hydrogen-bond acceptors (Lipinski definition) is 6. The van der Waals surface area contributed by atoms with Crippen LogP contribution in [0.3, 0.4) is 0 Å². The van der Waals surface area contributed by atoms with Crippen molar-refractivity contribution >= 4 is 24.0 Å². The summed E-state index contributed by atoms with van der Waals surface area (Å²) >= 11 is 0. The third-order valence-corrected chi connectivity index (χ3v) is 1.71. The molecule has 8 heteroatoms. The van der Waals surface area contributed by atoms with Crippen molar-refractivity contribution < 1.29 is 29.4 Å². The Morgan fingerprint density at radius 3 is 1.89 bits per heavy atom. The molecule has 0 saturated carbocycles. The van der Waals surface area contributed by atoms with Crippen LogP contribution in [-0.2, 0) is 19.2 Å². The number of aldehydes is 1. The number of Topliss-reactive ketones (excluding diaryl/α,β-unsaturated/α-hetero) is 1. The van der Waals surface area contributed by atoms with Gasteiger partial charge in [0.2, 0.25) is 0 Å². The number of aliphatic carboxylic acids is 2. The zero-order valence-electron chi connectivity index (χ0n) is 9.87. The minimum atomic E-state index is -0.961. The molecule has 18 heavy (non-hydrogen) atoms. The van der Waals surface area contributed by atoms with Crippen molar-refractivity contribution in [1.29, 1.82) is 0 Å². The smallest absolute Gasteiger partial charge is 0.303 e. The Labute approximate surface area is 104 Å². The number of carbonyl (C=O) groups is 4. The molecule has 104 valence electrons. The number of carbonyl (C=O) groups excluding carboxylic acids is 2. The Morgan fingerprint density at radius 1 is 1.06 bits per heavy atom. The molecule has 0 heterocycles. The lowest BCUT2D eigenvalue weighted by molar-refractivity contribution is -0.138. The summed E-state index contributed by atoms with van der Waals surface area (Å²) in [6.07, 6.45) is 0.656. The van der Waals surface area contributed by atoms with Gasteiger partial charge in [0.25, 0.3) is 0 Å². The first kappa shape index (κ1) is 18.6. The zero-order chi connectivity index (χ0) is 14.6. The van der Waals surface area contributed by atoms with Crippen LogP contribution in [0.1, 0.15) is 25.7 Å². The molecule has 0 bridgehead atoms. The van der Waals surface area contributed by atoms with Crippen molar-refractivity contribution in [3.05, 3.63) is 0 Å². The van der Waals surface area contributed by atoms with Gasteiger partial charge < -0.3 is 26.5 Å². The maximum Gasteiger partial charge on any atom is 0.303 e. The Kier molecular flexibility index (Phi) is 12.0. The quantitative estimate of drug-likeness (QED) is 0.395. The molecule has 0 radical (unpaired) electrons. The van der Waals surface area contributed by atoms with E-state index in [1.807, 2.05) is 0 Å². The molecule has 0 aromatic carbocycles. The van der Waals surface area contributed by atoms with Crippen molar-refractivity contribution in [1.82, 2.24) is 0 Å². The molecular formula is C10H18N2O6. The summed E-state index contributed by atoms with van der Waals surface area (Å²) in [5.41, 5.74) is 10.0. The second kappa shape index (κ2) is 11.7. The minimum absolute atomic E-state index is 0.0418. The molecule has 6 N–H and O–H groups in total. The average Bonchev–Trinajstić information content (AvgIpc) is 2.33. The van der Waals surface area contributed by atoms with Crippen LogP contribution in [0.15, 0.2) is 0 Å². The van der Waals surface area contributed by atoms with Gasteiger partial charge in [0, 0.05) is 12.8 Å². The van der Waals surface area contributed by atoms with Crippen LogP contribution in [0.25, 0.3) is 0 Å². The summed E-state index contributed by atoms with van der Waals surface area (Å²) < 4.78 is 0. The van der Waals surface area contributed by atoms with E-state index in [-0.39, 0.29) is 38.0 Å². The second-order valence-corrected chi connectivity index (χ2v) is 3.37. The van der Waals surface area contributed by atoms with E-state index < -0.39 is 18.0 Å². The predicted octanol–water partition coefficient (Wildman–Crippen LogP) is -1.24. The van der Waals surface area contributed by atoms with Gasteiger partial charge in [-0.05, 0) is 6.42 Å².